The van der Waals surface area contributed by atoms with E-state index in [1.807, 2.05) is 32.0 Å². The van der Waals surface area contributed by atoms with E-state index in [2.05, 4.69) is 5.32 Å². The van der Waals surface area contributed by atoms with Gasteiger partial charge in [0.1, 0.15) is 12.3 Å². The number of hydrogen-bond donors (Lipinski definition) is 1. The Balaban J connectivity index is 1.38. The lowest BCUT2D eigenvalue weighted by molar-refractivity contribution is -0.134. The minimum absolute atomic E-state index is 0.204. The molecule has 0 saturated carbocycles. The van der Waals surface area contributed by atoms with Gasteiger partial charge >= 0.3 is 5.97 Å². The van der Waals surface area contributed by atoms with Crippen molar-refractivity contribution in [2.75, 3.05) is 11.9 Å². The third-order valence-electron chi connectivity index (χ3n) is 5.15. The molecule has 1 aliphatic rings. The largest absolute Gasteiger partial charge is 0.425 e. The minimum Gasteiger partial charge on any atom is -0.425 e. The average Bonchev–Trinajstić information content (AvgIpc) is 3.02. The number of ether oxygens (including phenoxy) is 1. The fourth-order valence-electron chi connectivity index (χ4n) is 3.41. The Bertz CT molecular complexity index is 1210. The fraction of sp³-hybridized carbons (Fsp3) is 0.120. The Labute approximate surface area is 184 Å². The molecule has 0 spiro atoms. The second kappa shape index (κ2) is 8.47. The van der Waals surface area contributed by atoms with Gasteiger partial charge in [-0.15, -0.1) is 0 Å². The second-order valence-electron chi connectivity index (χ2n) is 7.51. The van der Waals surface area contributed by atoms with E-state index in [0.717, 1.165) is 21.7 Å². The third-order valence-corrected chi connectivity index (χ3v) is 5.15. The summed E-state index contributed by atoms with van der Waals surface area (Å²) in [6.45, 7) is 3.35. The number of imide groups is 1. The number of benzene rings is 3. The predicted molar refractivity (Wildman–Crippen MR) is 118 cm³/mol. The number of hydrogen-bond acceptors (Lipinski definition) is 5. The molecule has 0 aliphatic carbocycles. The lowest BCUT2D eigenvalue weighted by Gasteiger charge is -2.13. The summed E-state index contributed by atoms with van der Waals surface area (Å²) >= 11 is 0. The summed E-state index contributed by atoms with van der Waals surface area (Å²) in [7, 11) is 0. The van der Waals surface area contributed by atoms with Crippen LogP contribution in [0.1, 0.15) is 42.2 Å². The van der Waals surface area contributed by atoms with E-state index >= 15 is 0 Å². The highest BCUT2D eigenvalue weighted by atomic mass is 16.5. The Morgan fingerprint density at radius 2 is 1.50 bits per heavy atom. The summed E-state index contributed by atoms with van der Waals surface area (Å²) in [6, 6.07) is 18.2. The van der Waals surface area contributed by atoms with Gasteiger partial charge < -0.3 is 10.1 Å². The van der Waals surface area contributed by atoms with Crippen LogP contribution in [0.15, 0.2) is 66.7 Å². The van der Waals surface area contributed by atoms with E-state index in [1.54, 1.807) is 24.3 Å². The Kier molecular flexibility index (Phi) is 5.55. The van der Waals surface area contributed by atoms with E-state index in [9.17, 15) is 19.2 Å². The van der Waals surface area contributed by atoms with Gasteiger partial charge in [0.25, 0.3) is 17.7 Å². The first-order valence-electron chi connectivity index (χ1n) is 9.98. The molecule has 7 heteroatoms. The van der Waals surface area contributed by atoms with Crippen molar-refractivity contribution >= 4 is 29.4 Å². The molecule has 1 heterocycles. The van der Waals surface area contributed by atoms with Gasteiger partial charge in [-0.1, -0.05) is 24.3 Å². The number of amides is 3. The molecule has 1 aliphatic heterocycles. The average molecular weight is 428 g/mol. The molecule has 0 aromatic heterocycles. The monoisotopic (exact) mass is 428 g/mol. The van der Waals surface area contributed by atoms with Crippen LogP contribution in [0, 0.1) is 13.8 Å². The molecule has 0 fully saturated rings. The quantitative estimate of drug-likeness (QED) is 0.380. The van der Waals surface area contributed by atoms with Crippen molar-refractivity contribution in [3.63, 3.8) is 0 Å². The van der Waals surface area contributed by atoms with Gasteiger partial charge in [-0.05, 0) is 67.4 Å². The van der Waals surface area contributed by atoms with Gasteiger partial charge in [0.2, 0.25) is 0 Å². The molecule has 32 heavy (non-hydrogen) atoms. The first-order chi connectivity index (χ1) is 15.3. The molecule has 3 aromatic carbocycles. The number of aryl methyl sites for hydroxylation is 2. The molecule has 3 aromatic rings. The third kappa shape index (κ3) is 4.13. The number of esters is 1. The molecular weight excluding hydrogens is 408 g/mol. The van der Waals surface area contributed by atoms with E-state index in [-0.39, 0.29) is 22.8 Å². The number of nitrogens with one attached hydrogen (secondary N) is 1. The van der Waals surface area contributed by atoms with E-state index < -0.39 is 24.3 Å². The number of carbonyl (C=O) groups excluding carboxylic acids is 4. The van der Waals surface area contributed by atoms with Crippen molar-refractivity contribution in [1.29, 1.82) is 0 Å². The van der Waals surface area contributed by atoms with Crippen molar-refractivity contribution in [1.82, 2.24) is 4.90 Å². The maximum Gasteiger partial charge on any atom is 0.331 e. The summed E-state index contributed by atoms with van der Waals surface area (Å²) in [5.74, 6) is -1.90. The normalized spacial score (nSPS) is 12.5. The van der Waals surface area contributed by atoms with Gasteiger partial charge in [0.05, 0.1) is 11.1 Å². The zero-order valence-electron chi connectivity index (χ0n) is 17.5. The molecule has 160 valence electrons. The molecule has 1 N–H and O–H groups in total. The van der Waals surface area contributed by atoms with Crippen molar-refractivity contribution < 1.29 is 23.9 Å². The molecular formula is C25H20N2O5. The molecule has 0 bridgehead atoms. The van der Waals surface area contributed by atoms with Crippen LogP contribution in [0.2, 0.25) is 0 Å². The van der Waals surface area contributed by atoms with Crippen LogP contribution in [0.25, 0.3) is 0 Å². The van der Waals surface area contributed by atoms with Crippen LogP contribution in [0.5, 0.6) is 5.75 Å². The lowest BCUT2D eigenvalue weighted by Crippen LogP contribution is -2.36. The van der Waals surface area contributed by atoms with Crippen molar-refractivity contribution in [3.05, 3.63) is 94.5 Å². The lowest BCUT2D eigenvalue weighted by atomic mass is 10.1. The van der Waals surface area contributed by atoms with Crippen LogP contribution in [-0.4, -0.2) is 35.1 Å². The Morgan fingerprint density at radius 3 is 2.12 bits per heavy atom. The zero-order chi connectivity index (χ0) is 22.8. The van der Waals surface area contributed by atoms with Crippen LogP contribution in [-0.2, 0) is 4.79 Å². The predicted octanol–water partition coefficient (Wildman–Crippen LogP) is 3.76. The number of nitrogens with zero attached hydrogens (tertiary/aromatic N) is 1. The SMILES string of the molecule is Cc1ccc(C)c(NC(=O)c2ccc(OC(=O)CN3C(=O)c4ccccc4C3=O)cc2)c1. The molecule has 4 rings (SSSR count). The molecule has 7 nitrogen and oxygen atoms in total. The van der Waals surface area contributed by atoms with Gasteiger partial charge in [0, 0.05) is 11.3 Å². The molecule has 0 saturated heterocycles. The van der Waals surface area contributed by atoms with E-state index in [4.69, 9.17) is 4.74 Å². The maximum atomic E-state index is 12.5. The Hall–Kier alpha value is -4.26. The first kappa shape index (κ1) is 21.0. The summed E-state index contributed by atoms with van der Waals surface area (Å²) in [4.78, 5) is 50.4. The first-order valence-corrected chi connectivity index (χ1v) is 9.98. The fourth-order valence-corrected chi connectivity index (χ4v) is 3.41. The molecule has 0 unspecified atom stereocenters. The molecule has 3 amide bonds. The number of anilines is 1. The van der Waals surface area contributed by atoms with Gasteiger partial charge in [-0.2, -0.15) is 0 Å². The summed E-state index contributed by atoms with van der Waals surface area (Å²) in [5, 5.41) is 2.87. The summed E-state index contributed by atoms with van der Waals surface area (Å²) in [6.07, 6.45) is 0. The topological polar surface area (TPSA) is 92.8 Å². The van der Waals surface area contributed by atoms with Crippen LogP contribution >= 0.6 is 0 Å². The van der Waals surface area contributed by atoms with Crippen molar-refractivity contribution in [3.8, 4) is 5.75 Å². The Morgan fingerprint density at radius 1 is 0.875 bits per heavy atom. The maximum absolute atomic E-state index is 12.5. The molecule has 0 radical (unpaired) electrons. The van der Waals surface area contributed by atoms with Gasteiger partial charge in [-0.25, -0.2) is 4.79 Å². The number of rotatable bonds is 5. The summed E-state index contributed by atoms with van der Waals surface area (Å²) < 4.78 is 5.24. The van der Waals surface area contributed by atoms with Crippen LogP contribution in [0.4, 0.5) is 5.69 Å². The van der Waals surface area contributed by atoms with E-state index in [1.165, 1.54) is 24.3 Å². The minimum atomic E-state index is -0.757. The van der Waals surface area contributed by atoms with Gasteiger partial charge in [0.15, 0.2) is 0 Å². The molecule has 0 atom stereocenters. The van der Waals surface area contributed by atoms with E-state index in [0.29, 0.717) is 5.56 Å². The zero-order valence-corrected chi connectivity index (χ0v) is 17.5. The smallest absolute Gasteiger partial charge is 0.331 e. The van der Waals surface area contributed by atoms with Gasteiger partial charge in [-0.3, -0.25) is 19.3 Å². The highest BCUT2D eigenvalue weighted by molar-refractivity contribution is 6.22. The highest BCUT2D eigenvalue weighted by Gasteiger charge is 2.36. The highest BCUT2D eigenvalue weighted by Crippen LogP contribution is 2.23. The summed E-state index contributed by atoms with van der Waals surface area (Å²) in [5.41, 5.74) is 3.64. The van der Waals surface area contributed by atoms with Crippen molar-refractivity contribution in [2.24, 2.45) is 0 Å². The number of fused-ring (bicyclic) bond motifs is 1. The standard InChI is InChI=1S/C25H20N2O5/c1-15-7-8-16(2)21(13-15)26-23(29)17-9-11-18(12-10-17)32-22(28)14-27-24(30)19-5-3-4-6-20(19)25(27)31/h3-13H,14H2,1-2H3,(H,26,29). The second-order valence-corrected chi connectivity index (χ2v) is 7.51. The van der Waals surface area contributed by atoms with Crippen molar-refractivity contribution in [2.45, 2.75) is 13.8 Å². The number of carbonyl (C=O) groups is 4. The van der Waals surface area contributed by atoms with Crippen LogP contribution in [0.3, 0.4) is 0 Å². The van der Waals surface area contributed by atoms with Crippen LogP contribution < -0.4 is 10.1 Å².